The molecule has 0 unspecified atom stereocenters. The highest BCUT2D eigenvalue weighted by molar-refractivity contribution is 8.02. The summed E-state index contributed by atoms with van der Waals surface area (Å²) in [5, 5.41) is 1.75. The fourth-order valence-corrected chi connectivity index (χ4v) is 7.44. The smallest absolute Gasteiger partial charge is 0.328 e. The summed E-state index contributed by atoms with van der Waals surface area (Å²) >= 11 is 1.25. The molecule has 1 saturated heterocycles. The number of hydrogen-bond acceptors (Lipinski definition) is 6. The molecule has 0 saturated carbocycles. The topological polar surface area (TPSA) is 92.8 Å². The Morgan fingerprint density at radius 3 is 2.39 bits per heavy atom. The van der Waals surface area contributed by atoms with Gasteiger partial charge in [-0.15, -0.1) is 11.8 Å². The first kappa shape index (κ1) is 25.3. The van der Waals surface area contributed by atoms with Gasteiger partial charge in [0.05, 0.1) is 11.5 Å². The maximum absolute atomic E-state index is 13.5. The van der Waals surface area contributed by atoms with E-state index in [0.29, 0.717) is 5.75 Å². The molecule has 0 aromatic heterocycles. The average Bonchev–Trinajstić information content (AvgIpc) is 3.10. The van der Waals surface area contributed by atoms with E-state index in [-0.39, 0.29) is 17.9 Å². The van der Waals surface area contributed by atoms with Crippen LogP contribution in [0, 0.1) is 6.92 Å². The van der Waals surface area contributed by atoms with Crippen LogP contribution in [-0.2, 0) is 30.8 Å². The zero-order valence-corrected chi connectivity index (χ0v) is 20.9. The molecule has 1 aliphatic heterocycles. The normalized spacial score (nSPS) is 19.1. The van der Waals surface area contributed by atoms with Gasteiger partial charge in [-0.25, -0.2) is 13.2 Å². The Kier molecular flexibility index (Phi) is 7.87. The largest absolute Gasteiger partial charge is 0.464 e. The van der Waals surface area contributed by atoms with E-state index in [1.165, 1.54) is 16.1 Å². The molecule has 0 spiro atoms. The molecule has 0 aliphatic carbocycles. The fraction of sp³-hybridized carbons (Fsp3) is 0.417. The van der Waals surface area contributed by atoms with Gasteiger partial charge in [-0.3, -0.25) is 4.79 Å². The van der Waals surface area contributed by atoms with Gasteiger partial charge >= 0.3 is 5.97 Å². The Balaban J connectivity index is 1.88. The Morgan fingerprint density at radius 2 is 1.79 bits per heavy atom. The third-order valence-corrected chi connectivity index (χ3v) is 9.21. The number of hydrogen-bond donors (Lipinski definition) is 1. The number of sulfonamides is 1. The lowest BCUT2D eigenvalue weighted by molar-refractivity contribution is -0.147. The second kappa shape index (κ2) is 10.3. The zero-order valence-electron chi connectivity index (χ0n) is 19.3. The molecule has 7 nitrogen and oxygen atoms in total. The van der Waals surface area contributed by atoms with Crippen LogP contribution in [-0.4, -0.2) is 53.9 Å². The minimum absolute atomic E-state index is 0.132. The molecule has 0 radical (unpaired) electrons. The van der Waals surface area contributed by atoms with Gasteiger partial charge < -0.3 is 10.1 Å². The summed E-state index contributed by atoms with van der Waals surface area (Å²) in [5.41, 5.74) is 1.02. The van der Waals surface area contributed by atoms with Gasteiger partial charge in [0.25, 0.3) is 0 Å². The third kappa shape index (κ3) is 5.77. The quantitative estimate of drug-likeness (QED) is 0.572. The number of carbonyl (C=O) groups excluding carboxylic acids is 2. The lowest BCUT2D eigenvalue weighted by atomic mass is 10.1. The number of thioether (sulfide) groups is 1. The molecule has 2 atom stereocenters. The predicted molar refractivity (Wildman–Crippen MR) is 129 cm³/mol. The maximum atomic E-state index is 13.5. The van der Waals surface area contributed by atoms with Gasteiger partial charge in [0.2, 0.25) is 15.9 Å². The number of carbonyl (C=O) groups is 2. The minimum atomic E-state index is -3.95. The molecule has 1 aliphatic rings. The Hall–Kier alpha value is -2.36. The van der Waals surface area contributed by atoms with Crippen LogP contribution in [0.3, 0.4) is 0 Å². The summed E-state index contributed by atoms with van der Waals surface area (Å²) in [6.45, 7) is 7.35. The van der Waals surface area contributed by atoms with Crippen molar-refractivity contribution in [3.05, 3.63) is 65.7 Å². The summed E-state index contributed by atoms with van der Waals surface area (Å²) in [4.78, 5) is 26.1. The molecule has 1 amide bonds. The molecule has 1 N–H and O–H groups in total. The predicted octanol–water partition coefficient (Wildman–Crippen LogP) is 3.13. The Morgan fingerprint density at radius 1 is 1.15 bits per heavy atom. The number of aryl methyl sites for hydroxylation is 1. The van der Waals surface area contributed by atoms with Crippen molar-refractivity contribution in [1.82, 2.24) is 9.62 Å². The first-order valence-electron chi connectivity index (χ1n) is 10.8. The molecule has 9 heteroatoms. The monoisotopic (exact) mass is 490 g/mol. The summed E-state index contributed by atoms with van der Waals surface area (Å²) in [7, 11) is -3.95. The second-order valence-electron chi connectivity index (χ2n) is 8.59. The highest BCUT2D eigenvalue weighted by Gasteiger charge is 2.51. The van der Waals surface area contributed by atoms with Crippen LogP contribution < -0.4 is 5.32 Å². The van der Waals surface area contributed by atoms with Crippen LogP contribution in [0.2, 0.25) is 0 Å². The van der Waals surface area contributed by atoms with Crippen molar-refractivity contribution >= 4 is 33.7 Å². The fourth-order valence-electron chi connectivity index (χ4n) is 3.72. The molecule has 2 aromatic rings. The summed E-state index contributed by atoms with van der Waals surface area (Å²) < 4.78 is 33.5. The van der Waals surface area contributed by atoms with E-state index in [2.05, 4.69) is 5.32 Å². The molecule has 0 bridgehead atoms. The summed E-state index contributed by atoms with van der Waals surface area (Å²) in [6, 6.07) is 14.9. The van der Waals surface area contributed by atoms with Gasteiger partial charge in [0.15, 0.2) is 0 Å². The SMILES string of the molecule is CCOC(=O)[C@H](Cc1ccccc1)NC(=O)[C@@H]1SCC(C)(C)N1S(=O)(=O)c1ccc(C)cc1. The lowest BCUT2D eigenvalue weighted by Gasteiger charge is -2.33. The van der Waals surface area contributed by atoms with Crippen molar-refractivity contribution in [1.29, 1.82) is 0 Å². The lowest BCUT2D eigenvalue weighted by Crippen LogP contribution is -2.55. The molecular weight excluding hydrogens is 460 g/mol. The number of benzene rings is 2. The molecule has 2 aromatic carbocycles. The zero-order chi connectivity index (χ0) is 24.2. The number of nitrogens with one attached hydrogen (secondary N) is 1. The third-order valence-electron chi connectivity index (χ3n) is 5.38. The van der Waals surface area contributed by atoms with Crippen molar-refractivity contribution in [2.75, 3.05) is 12.4 Å². The second-order valence-corrected chi connectivity index (χ2v) is 11.5. The number of esters is 1. The van der Waals surface area contributed by atoms with Crippen LogP contribution in [0.4, 0.5) is 0 Å². The van der Waals surface area contributed by atoms with E-state index in [4.69, 9.17) is 4.74 Å². The number of rotatable bonds is 8. The Bertz CT molecular complexity index is 1090. The van der Waals surface area contributed by atoms with Gasteiger partial charge in [0.1, 0.15) is 11.4 Å². The van der Waals surface area contributed by atoms with Crippen LogP contribution in [0.1, 0.15) is 31.9 Å². The van der Waals surface area contributed by atoms with Gasteiger partial charge in [-0.1, -0.05) is 48.0 Å². The van der Waals surface area contributed by atoms with Crippen molar-refractivity contribution in [3.8, 4) is 0 Å². The number of ether oxygens (including phenoxy) is 1. The molecule has 1 fully saturated rings. The van der Waals surface area contributed by atoms with E-state index in [9.17, 15) is 18.0 Å². The average molecular weight is 491 g/mol. The van der Waals surface area contributed by atoms with Crippen LogP contribution >= 0.6 is 11.8 Å². The Labute approximate surface area is 199 Å². The van der Waals surface area contributed by atoms with Gasteiger partial charge in [-0.2, -0.15) is 4.31 Å². The number of nitrogens with zero attached hydrogens (tertiary/aromatic N) is 1. The molecule has 1 heterocycles. The number of amides is 1. The van der Waals surface area contributed by atoms with Gasteiger partial charge in [0, 0.05) is 17.7 Å². The first-order chi connectivity index (χ1) is 15.6. The molecule has 3 rings (SSSR count). The maximum Gasteiger partial charge on any atom is 0.328 e. The van der Waals surface area contributed by atoms with Crippen LogP contribution in [0.5, 0.6) is 0 Å². The van der Waals surface area contributed by atoms with Crippen LogP contribution in [0.15, 0.2) is 59.5 Å². The van der Waals surface area contributed by atoms with E-state index >= 15 is 0 Å². The van der Waals surface area contributed by atoms with Crippen molar-refractivity contribution in [3.63, 3.8) is 0 Å². The van der Waals surface area contributed by atoms with Crippen molar-refractivity contribution < 1.29 is 22.7 Å². The highest BCUT2D eigenvalue weighted by Crippen LogP contribution is 2.41. The summed E-state index contributed by atoms with van der Waals surface area (Å²) in [5.74, 6) is -0.640. The molecule has 33 heavy (non-hydrogen) atoms. The van der Waals surface area contributed by atoms with Crippen molar-refractivity contribution in [2.45, 2.75) is 56.0 Å². The first-order valence-corrected chi connectivity index (χ1v) is 13.3. The minimum Gasteiger partial charge on any atom is -0.464 e. The van der Waals surface area contributed by atoms with Crippen molar-refractivity contribution in [2.24, 2.45) is 0 Å². The van der Waals surface area contributed by atoms with E-state index in [1.54, 1.807) is 45.0 Å². The summed E-state index contributed by atoms with van der Waals surface area (Å²) in [6.07, 6.45) is 0.247. The van der Waals surface area contributed by atoms with E-state index in [1.807, 2.05) is 37.3 Å². The van der Waals surface area contributed by atoms with Crippen LogP contribution in [0.25, 0.3) is 0 Å². The van der Waals surface area contributed by atoms with Gasteiger partial charge in [-0.05, 0) is 45.4 Å². The highest BCUT2D eigenvalue weighted by atomic mass is 32.2. The molecular formula is C24H30N2O5S2. The van der Waals surface area contributed by atoms with E-state index < -0.39 is 38.9 Å². The standard InChI is InChI=1S/C24H30N2O5S2/c1-5-31-23(28)20(15-18-9-7-6-8-10-18)25-21(27)22-26(24(3,4)16-32-22)33(29,30)19-13-11-17(2)12-14-19/h6-14,20,22H,5,15-16H2,1-4H3,(H,25,27)/t20-,22-/m0/s1. The van der Waals surface area contributed by atoms with E-state index in [0.717, 1.165) is 11.1 Å². The molecule has 178 valence electrons.